The lowest BCUT2D eigenvalue weighted by Gasteiger charge is -2.29. The molecule has 0 unspecified atom stereocenters. The predicted octanol–water partition coefficient (Wildman–Crippen LogP) is 2.08. The number of nitrogens with two attached hydrogens (primary N) is 1. The van der Waals surface area contributed by atoms with Crippen molar-refractivity contribution in [3.63, 3.8) is 0 Å². The van der Waals surface area contributed by atoms with E-state index in [-0.39, 0.29) is 29.9 Å². The van der Waals surface area contributed by atoms with E-state index in [1.165, 1.54) is 22.8 Å². The molecular formula is C22H28F2N6O3S. The summed E-state index contributed by atoms with van der Waals surface area (Å²) in [6.45, 7) is 5.59. The van der Waals surface area contributed by atoms with Crippen molar-refractivity contribution in [2.75, 3.05) is 21.8 Å². The number of hydrogen-bond acceptors (Lipinski definition) is 10. The maximum Gasteiger partial charge on any atom is 0.191 e. The van der Waals surface area contributed by atoms with Crippen molar-refractivity contribution >= 4 is 35.8 Å². The van der Waals surface area contributed by atoms with Gasteiger partial charge in [-0.2, -0.15) is 5.10 Å². The molecule has 34 heavy (non-hydrogen) atoms. The van der Waals surface area contributed by atoms with Gasteiger partial charge in [-0.3, -0.25) is 0 Å². The van der Waals surface area contributed by atoms with E-state index >= 15 is 0 Å². The summed E-state index contributed by atoms with van der Waals surface area (Å²) in [5.74, 6) is -0.512. The van der Waals surface area contributed by atoms with Crippen molar-refractivity contribution in [3.05, 3.63) is 35.4 Å². The van der Waals surface area contributed by atoms with Gasteiger partial charge in [0.1, 0.15) is 17.9 Å². The Balaban J connectivity index is 1.62. The first kappa shape index (κ1) is 24.6. The van der Waals surface area contributed by atoms with Crippen molar-refractivity contribution < 1.29 is 24.1 Å². The van der Waals surface area contributed by atoms with Crippen LogP contribution in [0.2, 0.25) is 0 Å². The molecule has 2 aliphatic rings. The molecule has 0 amide bonds. The van der Waals surface area contributed by atoms with Crippen LogP contribution in [0, 0.1) is 11.6 Å². The van der Waals surface area contributed by atoms with Crippen LogP contribution in [0.4, 0.5) is 26.1 Å². The highest BCUT2D eigenvalue weighted by molar-refractivity contribution is 7.99. The first-order valence-corrected chi connectivity index (χ1v) is 12.1. The third-order valence-electron chi connectivity index (χ3n) is 6.13. The number of thioether (sulfide) groups is 1. The van der Waals surface area contributed by atoms with Crippen LogP contribution in [0.3, 0.4) is 0 Å². The molecule has 0 saturated heterocycles. The summed E-state index contributed by atoms with van der Waals surface area (Å²) in [5.41, 5.74) is 7.24. The quantitative estimate of drug-likeness (QED) is 0.153. The van der Waals surface area contributed by atoms with Gasteiger partial charge in [-0.05, 0) is 30.5 Å². The maximum absolute atomic E-state index is 13.7. The number of halogens is 2. The number of hydrazone groups is 1. The average molecular weight is 495 g/mol. The van der Waals surface area contributed by atoms with E-state index in [2.05, 4.69) is 27.1 Å². The van der Waals surface area contributed by atoms with Gasteiger partial charge in [0.25, 0.3) is 0 Å². The molecule has 9 nitrogen and oxygen atoms in total. The van der Waals surface area contributed by atoms with Gasteiger partial charge in [-0.15, -0.1) is 0 Å². The third kappa shape index (κ3) is 4.81. The van der Waals surface area contributed by atoms with Gasteiger partial charge >= 0.3 is 0 Å². The van der Waals surface area contributed by atoms with Crippen LogP contribution in [-0.2, 0) is 0 Å². The molecular weight excluding hydrogens is 466 g/mol. The van der Waals surface area contributed by atoms with Crippen LogP contribution in [-0.4, -0.2) is 68.2 Å². The molecule has 1 aromatic carbocycles. The molecule has 2 fully saturated rings. The number of benzene rings is 1. The van der Waals surface area contributed by atoms with Crippen molar-refractivity contribution in [1.82, 2.24) is 9.97 Å². The zero-order valence-electron chi connectivity index (χ0n) is 18.6. The molecule has 6 atom stereocenters. The molecule has 4 rings (SSSR count). The van der Waals surface area contributed by atoms with Gasteiger partial charge in [0, 0.05) is 30.9 Å². The number of rotatable bonds is 9. The molecule has 0 aliphatic heterocycles. The summed E-state index contributed by atoms with van der Waals surface area (Å²) >= 11 is 1.42. The number of hydrogen-bond donors (Lipinski definition) is 5. The van der Waals surface area contributed by atoms with Gasteiger partial charge < -0.3 is 26.4 Å². The number of nitrogen functional groups attached to an aromatic ring is 1. The molecule has 0 bridgehead atoms. The Kier molecular flexibility index (Phi) is 7.22. The van der Waals surface area contributed by atoms with E-state index in [9.17, 15) is 24.1 Å². The van der Waals surface area contributed by atoms with Crippen molar-refractivity contribution in [2.45, 2.75) is 67.7 Å². The second-order valence-electron chi connectivity index (χ2n) is 8.54. The normalized spacial score (nSPS) is 28.1. The van der Waals surface area contributed by atoms with Gasteiger partial charge in [0.2, 0.25) is 0 Å². The number of nitrogens with zero attached hydrogens (tertiary/aromatic N) is 4. The number of aliphatic hydroxyl groups is 3. The Morgan fingerprint density at radius 2 is 1.97 bits per heavy atom. The van der Waals surface area contributed by atoms with Crippen molar-refractivity contribution in [2.24, 2.45) is 5.10 Å². The van der Waals surface area contributed by atoms with E-state index in [1.807, 2.05) is 6.92 Å². The minimum Gasteiger partial charge on any atom is -0.393 e. The van der Waals surface area contributed by atoms with Gasteiger partial charge in [0.05, 0.1) is 12.1 Å². The SMILES string of the molecule is C=NN(c1nc(SCCC)nc(N[C@@H]2C[C@H]2c2ccc(F)c(F)c2)c1N)[C@@H]1C[C@H](O)[C@@H](O)[C@H]1O. The minimum absolute atomic E-state index is 0.0322. The smallest absolute Gasteiger partial charge is 0.191 e. The molecule has 1 heterocycles. The second kappa shape index (κ2) is 9.98. The Bertz CT molecular complexity index is 1060. The van der Waals surface area contributed by atoms with Gasteiger partial charge in [0.15, 0.2) is 28.4 Å². The molecule has 2 aliphatic carbocycles. The summed E-state index contributed by atoms with van der Waals surface area (Å²) < 4.78 is 26.9. The number of anilines is 3. The molecule has 0 spiro atoms. The van der Waals surface area contributed by atoms with E-state index in [1.54, 1.807) is 6.07 Å². The van der Waals surface area contributed by atoms with E-state index in [0.717, 1.165) is 18.2 Å². The van der Waals surface area contributed by atoms with E-state index < -0.39 is 36.0 Å². The Morgan fingerprint density at radius 3 is 2.59 bits per heavy atom. The highest BCUT2D eigenvalue weighted by Gasteiger charge is 2.45. The fourth-order valence-electron chi connectivity index (χ4n) is 4.18. The molecule has 2 saturated carbocycles. The summed E-state index contributed by atoms with van der Waals surface area (Å²) in [6, 6.07) is 2.99. The van der Waals surface area contributed by atoms with Crippen LogP contribution in [0.5, 0.6) is 0 Å². The Hall–Kier alpha value is -2.54. The molecule has 0 radical (unpaired) electrons. The lowest BCUT2D eigenvalue weighted by atomic mass is 10.1. The lowest BCUT2D eigenvalue weighted by Crippen LogP contribution is -2.41. The Morgan fingerprint density at radius 1 is 1.21 bits per heavy atom. The van der Waals surface area contributed by atoms with Crippen LogP contribution in [0.1, 0.15) is 37.7 Å². The third-order valence-corrected chi connectivity index (χ3v) is 7.18. The van der Waals surface area contributed by atoms with Crippen molar-refractivity contribution in [1.29, 1.82) is 0 Å². The number of aliphatic hydroxyl groups excluding tert-OH is 3. The molecule has 1 aromatic heterocycles. The summed E-state index contributed by atoms with van der Waals surface area (Å²) in [4.78, 5) is 9.04. The van der Waals surface area contributed by atoms with Crippen LogP contribution in [0.15, 0.2) is 28.5 Å². The maximum atomic E-state index is 13.7. The predicted molar refractivity (Wildman–Crippen MR) is 127 cm³/mol. The van der Waals surface area contributed by atoms with E-state index in [0.29, 0.717) is 23.0 Å². The molecule has 12 heteroatoms. The Labute approximate surface area is 200 Å². The highest BCUT2D eigenvalue weighted by Crippen LogP contribution is 2.45. The minimum atomic E-state index is -1.33. The fraction of sp³-hybridized carbons (Fsp3) is 0.500. The second-order valence-corrected chi connectivity index (χ2v) is 9.61. The molecule has 184 valence electrons. The zero-order valence-corrected chi connectivity index (χ0v) is 19.4. The first-order valence-electron chi connectivity index (χ1n) is 11.1. The monoisotopic (exact) mass is 494 g/mol. The van der Waals surface area contributed by atoms with Crippen LogP contribution < -0.4 is 16.1 Å². The zero-order chi connectivity index (χ0) is 24.6. The largest absolute Gasteiger partial charge is 0.393 e. The van der Waals surface area contributed by atoms with Gasteiger partial charge in [-0.1, -0.05) is 24.8 Å². The standard InChI is InChI=1S/C22H28F2N6O3S/c1-3-6-34-22-28-20(27-14-8-11(14)10-4-5-12(23)13(24)7-10)17(25)21(29-22)30(26-2)15-9-16(31)19(33)18(15)32/h4-5,7,11,14-16,18-19,31-33H,2-3,6,8-9,25H2,1H3,(H,27,28,29)/t11-,14+,15+,16-,18-,19+/m0/s1. The van der Waals surface area contributed by atoms with Crippen molar-refractivity contribution in [3.8, 4) is 0 Å². The fourth-order valence-corrected chi connectivity index (χ4v) is 4.87. The van der Waals surface area contributed by atoms with Crippen LogP contribution in [0.25, 0.3) is 0 Å². The summed E-state index contributed by atoms with van der Waals surface area (Å²) in [5, 5.41) is 39.4. The molecule has 2 aromatic rings. The van der Waals surface area contributed by atoms with Crippen LogP contribution >= 0.6 is 11.8 Å². The average Bonchev–Trinajstić information content (AvgIpc) is 3.54. The number of nitrogens with one attached hydrogen (secondary N) is 1. The topological polar surface area (TPSA) is 140 Å². The van der Waals surface area contributed by atoms with Gasteiger partial charge in [-0.25, -0.2) is 23.8 Å². The highest BCUT2D eigenvalue weighted by atomic mass is 32.2. The number of aromatic nitrogens is 2. The summed E-state index contributed by atoms with van der Waals surface area (Å²) in [7, 11) is 0. The van der Waals surface area contributed by atoms with E-state index in [4.69, 9.17) is 5.73 Å². The summed E-state index contributed by atoms with van der Waals surface area (Å²) in [6.07, 6.45) is -2.11. The molecule has 6 N–H and O–H groups in total. The lowest BCUT2D eigenvalue weighted by molar-refractivity contribution is -0.0208. The first-order chi connectivity index (χ1) is 16.2.